The minimum Gasteiger partial charge on any atom is -0.316 e. The molecule has 78 valence electrons. The fraction of sp³-hybridized carbons (Fsp3) is 0.500. The lowest BCUT2D eigenvalue weighted by atomic mass is 10.5. The average molecular weight is 217 g/mol. The largest absolute Gasteiger partial charge is 0.316 e. The maximum Gasteiger partial charge on any atom is 0.287 e. The lowest BCUT2D eigenvalue weighted by Crippen LogP contribution is -2.26. The predicted octanol–water partition coefficient (Wildman–Crippen LogP) is 0.805. The van der Waals surface area contributed by atoms with Crippen LogP contribution in [0.5, 0.6) is 0 Å². The lowest BCUT2D eigenvalue weighted by Gasteiger charge is -2.14. The second-order valence-corrected chi connectivity index (χ2v) is 3.38. The Morgan fingerprint density at radius 2 is 2.29 bits per heavy atom. The monoisotopic (exact) mass is 216 g/mol. The highest BCUT2D eigenvalue weighted by Crippen LogP contribution is 2.14. The Bertz CT molecular complexity index is 374. The summed E-state index contributed by atoms with van der Waals surface area (Å²) in [4.78, 5) is 11.5. The Morgan fingerprint density at radius 1 is 1.64 bits per heavy atom. The van der Waals surface area contributed by atoms with E-state index in [0.717, 1.165) is 0 Å². The van der Waals surface area contributed by atoms with Crippen molar-refractivity contribution in [1.82, 2.24) is 14.8 Å². The molecule has 0 bridgehead atoms. The quantitative estimate of drug-likeness (QED) is 0.760. The van der Waals surface area contributed by atoms with Crippen LogP contribution in [0.3, 0.4) is 0 Å². The maximum absolute atomic E-state index is 11.5. The molecule has 0 aliphatic rings. The first-order valence-electron chi connectivity index (χ1n) is 4.25. The third-order valence-electron chi connectivity index (χ3n) is 1.63. The fourth-order valence-corrected chi connectivity index (χ4v) is 1.20. The van der Waals surface area contributed by atoms with E-state index < -0.39 is 0 Å². The number of hydrazine groups is 1. The molecule has 0 aliphatic heterocycles. The Kier molecular flexibility index (Phi) is 3.49. The van der Waals surface area contributed by atoms with E-state index in [1.807, 2.05) is 21.0 Å². The average Bonchev–Trinajstić information content (AvgIpc) is 2.13. The summed E-state index contributed by atoms with van der Waals surface area (Å²) in [5.41, 5.74) is 3.13. The molecule has 0 unspecified atom stereocenters. The van der Waals surface area contributed by atoms with Crippen LogP contribution >= 0.6 is 11.6 Å². The first-order chi connectivity index (χ1) is 6.56. The van der Waals surface area contributed by atoms with Gasteiger partial charge in [-0.2, -0.15) is 5.10 Å². The summed E-state index contributed by atoms with van der Waals surface area (Å²) in [6, 6.07) is 0. The van der Waals surface area contributed by atoms with Crippen LogP contribution in [0.2, 0.25) is 5.02 Å². The maximum atomic E-state index is 11.5. The van der Waals surface area contributed by atoms with Crippen molar-refractivity contribution < 1.29 is 0 Å². The number of halogens is 1. The molecule has 0 fully saturated rings. The first-order valence-corrected chi connectivity index (χ1v) is 4.63. The minimum atomic E-state index is -0.277. The summed E-state index contributed by atoms with van der Waals surface area (Å²) in [6.07, 6.45) is 1.53. The van der Waals surface area contributed by atoms with Crippen LogP contribution in [0, 0.1) is 0 Å². The zero-order valence-electron chi connectivity index (χ0n) is 8.41. The number of hydrogen-bond acceptors (Lipinski definition) is 4. The molecule has 1 aromatic rings. The van der Waals surface area contributed by atoms with Gasteiger partial charge >= 0.3 is 0 Å². The van der Waals surface area contributed by atoms with Gasteiger partial charge in [-0.15, -0.1) is 0 Å². The number of aromatic nitrogens is 2. The number of nitrogens with zero attached hydrogens (tertiary/aromatic N) is 3. The molecule has 0 spiro atoms. The van der Waals surface area contributed by atoms with Crippen molar-refractivity contribution in [3.63, 3.8) is 0 Å². The standard InChI is InChI=1S/C8H13ClN4O/c1-4-13-8(14)7(9)6(5-10-13)11-12(2)3/h5,11H,4H2,1-3H3. The van der Waals surface area contributed by atoms with Gasteiger partial charge in [-0.25, -0.2) is 9.69 Å². The van der Waals surface area contributed by atoms with E-state index in [2.05, 4.69) is 10.5 Å². The molecule has 1 heterocycles. The molecule has 5 nitrogen and oxygen atoms in total. The highest BCUT2D eigenvalue weighted by molar-refractivity contribution is 6.32. The van der Waals surface area contributed by atoms with Gasteiger partial charge in [0.2, 0.25) is 0 Å². The lowest BCUT2D eigenvalue weighted by molar-refractivity contribution is 0.493. The number of anilines is 1. The van der Waals surface area contributed by atoms with Crippen molar-refractivity contribution >= 4 is 17.3 Å². The van der Waals surface area contributed by atoms with Gasteiger partial charge in [-0.05, 0) is 6.92 Å². The molecule has 14 heavy (non-hydrogen) atoms. The van der Waals surface area contributed by atoms with E-state index >= 15 is 0 Å². The number of rotatable bonds is 3. The molecule has 0 aromatic carbocycles. The van der Waals surface area contributed by atoms with Crippen LogP contribution < -0.4 is 11.0 Å². The fourth-order valence-electron chi connectivity index (χ4n) is 1.01. The van der Waals surface area contributed by atoms with E-state index in [9.17, 15) is 4.79 Å². The molecular formula is C8H13ClN4O. The minimum absolute atomic E-state index is 0.163. The first kappa shape index (κ1) is 11.0. The summed E-state index contributed by atoms with van der Waals surface area (Å²) < 4.78 is 1.31. The molecule has 1 N–H and O–H groups in total. The van der Waals surface area contributed by atoms with Crippen LogP contribution in [-0.2, 0) is 6.54 Å². The van der Waals surface area contributed by atoms with Crippen LogP contribution in [0.15, 0.2) is 11.0 Å². The van der Waals surface area contributed by atoms with Gasteiger partial charge in [0.1, 0.15) is 5.02 Å². The molecule has 0 aliphatic carbocycles. The molecule has 0 saturated carbocycles. The molecule has 1 aromatic heterocycles. The molecule has 1 rings (SSSR count). The third-order valence-corrected chi connectivity index (χ3v) is 1.99. The van der Waals surface area contributed by atoms with Crippen molar-refractivity contribution in [2.24, 2.45) is 0 Å². The second kappa shape index (κ2) is 4.43. The third kappa shape index (κ3) is 2.24. The van der Waals surface area contributed by atoms with Crippen molar-refractivity contribution in [2.45, 2.75) is 13.5 Å². The molecular weight excluding hydrogens is 204 g/mol. The van der Waals surface area contributed by atoms with E-state index in [1.165, 1.54) is 10.9 Å². The van der Waals surface area contributed by atoms with Gasteiger partial charge in [0.15, 0.2) is 0 Å². The molecule has 0 saturated heterocycles. The molecule has 0 radical (unpaired) electrons. The van der Waals surface area contributed by atoms with Crippen molar-refractivity contribution in [3.8, 4) is 0 Å². The SMILES string of the molecule is CCn1ncc(NN(C)C)c(Cl)c1=O. The van der Waals surface area contributed by atoms with Gasteiger partial charge in [0.05, 0.1) is 11.9 Å². The predicted molar refractivity (Wildman–Crippen MR) is 56.5 cm³/mol. The summed E-state index contributed by atoms with van der Waals surface area (Å²) in [7, 11) is 3.61. The Morgan fingerprint density at radius 3 is 2.79 bits per heavy atom. The van der Waals surface area contributed by atoms with Crippen molar-refractivity contribution in [1.29, 1.82) is 0 Å². The highest BCUT2D eigenvalue weighted by atomic mass is 35.5. The van der Waals surface area contributed by atoms with Crippen LogP contribution in [0.4, 0.5) is 5.69 Å². The number of aryl methyl sites for hydroxylation is 1. The number of nitrogens with one attached hydrogen (secondary N) is 1. The van der Waals surface area contributed by atoms with Gasteiger partial charge in [-0.1, -0.05) is 11.6 Å². The van der Waals surface area contributed by atoms with Crippen molar-refractivity contribution in [2.75, 3.05) is 19.5 Å². The summed E-state index contributed by atoms with van der Waals surface area (Å²) >= 11 is 5.86. The Balaban J connectivity index is 3.11. The summed E-state index contributed by atoms with van der Waals surface area (Å²) in [5.74, 6) is 0. The topological polar surface area (TPSA) is 50.2 Å². The second-order valence-electron chi connectivity index (χ2n) is 3.00. The zero-order valence-corrected chi connectivity index (χ0v) is 9.17. The van der Waals surface area contributed by atoms with E-state index in [0.29, 0.717) is 12.2 Å². The van der Waals surface area contributed by atoms with Gasteiger partial charge in [0.25, 0.3) is 5.56 Å². The van der Waals surface area contributed by atoms with Gasteiger partial charge in [0, 0.05) is 20.6 Å². The van der Waals surface area contributed by atoms with E-state index in [4.69, 9.17) is 11.6 Å². The van der Waals surface area contributed by atoms with Gasteiger partial charge in [-0.3, -0.25) is 4.79 Å². The molecule has 0 amide bonds. The van der Waals surface area contributed by atoms with Gasteiger partial charge < -0.3 is 5.43 Å². The number of hydrogen-bond donors (Lipinski definition) is 1. The molecule has 0 atom stereocenters. The van der Waals surface area contributed by atoms with Crippen molar-refractivity contribution in [3.05, 3.63) is 21.6 Å². The highest BCUT2D eigenvalue weighted by Gasteiger charge is 2.07. The van der Waals surface area contributed by atoms with E-state index in [-0.39, 0.29) is 10.6 Å². The summed E-state index contributed by atoms with van der Waals surface area (Å²) in [5, 5.41) is 5.80. The molecule has 6 heteroatoms. The Hall–Kier alpha value is -1.07. The van der Waals surface area contributed by atoms with Crippen LogP contribution in [-0.4, -0.2) is 28.9 Å². The van der Waals surface area contributed by atoms with Crippen LogP contribution in [0.25, 0.3) is 0 Å². The van der Waals surface area contributed by atoms with Crippen LogP contribution in [0.1, 0.15) is 6.92 Å². The normalized spacial score (nSPS) is 10.6. The summed E-state index contributed by atoms with van der Waals surface area (Å²) in [6.45, 7) is 2.35. The Labute approximate surface area is 87.3 Å². The zero-order chi connectivity index (χ0) is 10.7. The van der Waals surface area contributed by atoms with E-state index in [1.54, 1.807) is 5.01 Å². The smallest absolute Gasteiger partial charge is 0.287 e.